The summed E-state index contributed by atoms with van der Waals surface area (Å²) in [4.78, 5) is 2.39. The molecule has 0 amide bonds. The Morgan fingerprint density at radius 1 is 0.308 bits per heavy atom. The van der Waals surface area contributed by atoms with Crippen LogP contribution in [0.2, 0.25) is 0 Å². The molecule has 10 rings (SSSR count). The predicted molar refractivity (Wildman–Crippen MR) is 221 cm³/mol. The van der Waals surface area contributed by atoms with Gasteiger partial charge in [-0.1, -0.05) is 146 Å². The van der Waals surface area contributed by atoms with Crippen LogP contribution in [-0.2, 0) is 0 Å². The lowest BCUT2D eigenvalue weighted by atomic mass is 10.00. The van der Waals surface area contributed by atoms with Crippen LogP contribution in [-0.4, -0.2) is 4.57 Å². The molecule has 0 N–H and O–H groups in total. The molecule has 244 valence electrons. The van der Waals surface area contributed by atoms with Crippen LogP contribution in [0.4, 0.5) is 17.1 Å². The first-order valence-electron chi connectivity index (χ1n) is 17.8. The lowest BCUT2D eigenvalue weighted by Gasteiger charge is -2.27. The van der Waals surface area contributed by atoms with Gasteiger partial charge in [0.05, 0.1) is 11.0 Å². The van der Waals surface area contributed by atoms with E-state index in [1.54, 1.807) is 0 Å². The van der Waals surface area contributed by atoms with Gasteiger partial charge in [0.15, 0.2) is 0 Å². The van der Waals surface area contributed by atoms with E-state index in [1.165, 1.54) is 60.0 Å². The van der Waals surface area contributed by atoms with Gasteiger partial charge >= 0.3 is 0 Å². The minimum atomic E-state index is 1.09. The zero-order chi connectivity index (χ0) is 34.4. The Kier molecular flexibility index (Phi) is 7.18. The first kappa shape index (κ1) is 30.0. The summed E-state index contributed by atoms with van der Waals surface area (Å²) < 4.78 is 2.45. The number of hydrogen-bond acceptors (Lipinski definition) is 1. The van der Waals surface area contributed by atoms with Gasteiger partial charge in [-0.05, 0) is 104 Å². The number of aromatic nitrogens is 1. The molecular weight excluding hydrogens is 629 g/mol. The smallest absolute Gasteiger partial charge is 0.0547 e. The second kappa shape index (κ2) is 12.5. The van der Waals surface area contributed by atoms with Crippen molar-refractivity contribution < 1.29 is 0 Å². The van der Waals surface area contributed by atoms with Crippen molar-refractivity contribution in [1.82, 2.24) is 4.57 Å². The van der Waals surface area contributed by atoms with Gasteiger partial charge in [-0.25, -0.2) is 0 Å². The van der Waals surface area contributed by atoms with Crippen molar-refractivity contribution >= 4 is 60.4 Å². The van der Waals surface area contributed by atoms with Crippen molar-refractivity contribution in [2.24, 2.45) is 0 Å². The maximum atomic E-state index is 2.45. The molecule has 1 heterocycles. The standard InChI is InChI=1S/C50H34N2/c1-4-14-35(15-5-1)38-24-25-40-31-43(28-26-39(40)30-38)51(42-19-8-3-9-20-42)44-32-41(36-16-6-2-7-17-36)33-45(34-44)52-48-23-13-12-22-47(48)50-46-21-11-10-18-37(46)27-29-49(50)52/h1-34H. The normalized spacial score (nSPS) is 11.5. The first-order valence-corrected chi connectivity index (χ1v) is 17.8. The fraction of sp³-hybridized carbons (Fsp3) is 0. The van der Waals surface area contributed by atoms with Crippen LogP contribution >= 0.6 is 0 Å². The molecule has 0 unspecified atom stereocenters. The molecule has 1 aromatic heterocycles. The third-order valence-electron chi connectivity index (χ3n) is 10.3. The average Bonchev–Trinajstić information content (AvgIpc) is 3.57. The molecular formula is C50H34N2. The van der Waals surface area contributed by atoms with Crippen molar-refractivity contribution in [3.63, 3.8) is 0 Å². The summed E-state index contributed by atoms with van der Waals surface area (Å²) in [6.07, 6.45) is 0. The van der Waals surface area contributed by atoms with Gasteiger partial charge in [0.1, 0.15) is 0 Å². The van der Waals surface area contributed by atoms with Crippen LogP contribution in [0, 0.1) is 0 Å². The van der Waals surface area contributed by atoms with E-state index in [9.17, 15) is 0 Å². The van der Waals surface area contributed by atoms with Crippen LogP contribution in [0.25, 0.3) is 71.3 Å². The Morgan fingerprint density at radius 2 is 0.923 bits per heavy atom. The molecule has 0 radical (unpaired) electrons. The Morgan fingerprint density at radius 3 is 1.71 bits per heavy atom. The molecule has 0 aliphatic carbocycles. The molecule has 0 atom stereocenters. The quantitative estimate of drug-likeness (QED) is 0.172. The minimum Gasteiger partial charge on any atom is -0.310 e. The van der Waals surface area contributed by atoms with Gasteiger partial charge in [-0.2, -0.15) is 0 Å². The predicted octanol–water partition coefficient (Wildman–Crippen LogP) is 13.9. The van der Waals surface area contributed by atoms with E-state index in [0.717, 1.165) is 28.3 Å². The summed E-state index contributed by atoms with van der Waals surface area (Å²) in [6, 6.07) is 74.8. The SMILES string of the molecule is c1ccc(-c2cc(N(c3ccccc3)c3ccc4cc(-c5ccccc5)ccc4c3)cc(-n3c4ccccc4c4c5ccccc5ccc43)c2)cc1. The van der Waals surface area contributed by atoms with Crippen molar-refractivity contribution in [3.05, 3.63) is 206 Å². The number of nitrogens with zero attached hydrogens (tertiary/aromatic N) is 2. The maximum Gasteiger partial charge on any atom is 0.0547 e. The Hall–Kier alpha value is -6.90. The van der Waals surface area contributed by atoms with Gasteiger partial charge in [-0.3, -0.25) is 0 Å². The number of rotatable bonds is 6. The van der Waals surface area contributed by atoms with Crippen LogP contribution in [0.5, 0.6) is 0 Å². The van der Waals surface area contributed by atoms with Gasteiger partial charge in [0, 0.05) is 33.5 Å². The molecule has 0 saturated heterocycles. The number of para-hydroxylation sites is 2. The molecule has 0 saturated carbocycles. The summed E-state index contributed by atoms with van der Waals surface area (Å²) >= 11 is 0. The van der Waals surface area contributed by atoms with Gasteiger partial charge < -0.3 is 9.47 Å². The highest BCUT2D eigenvalue weighted by molar-refractivity contribution is 6.21. The number of fused-ring (bicyclic) bond motifs is 6. The molecule has 10 aromatic rings. The van der Waals surface area contributed by atoms with Crippen molar-refractivity contribution in [1.29, 1.82) is 0 Å². The fourth-order valence-corrected chi connectivity index (χ4v) is 7.87. The zero-order valence-corrected chi connectivity index (χ0v) is 28.5. The fourth-order valence-electron chi connectivity index (χ4n) is 7.87. The number of hydrogen-bond donors (Lipinski definition) is 0. The Bertz CT molecular complexity index is 2890. The van der Waals surface area contributed by atoms with Crippen molar-refractivity contribution in [2.75, 3.05) is 4.90 Å². The minimum absolute atomic E-state index is 1.09. The molecule has 9 aromatic carbocycles. The van der Waals surface area contributed by atoms with E-state index in [1.807, 2.05) is 0 Å². The van der Waals surface area contributed by atoms with E-state index in [2.05, 4.69) is 216 Å². The summed E-state index contributed by atoms with van der Waals surface area (Å²) in [5.41, 5.74) is 11.6. The van der Waals surface area contributed by atoms with Gasteiger partial charge in [-0.15, -0.1) is 0 Å². The molecule has 2 heteroatoms. The van der Waals surface area contributed by atoms with Crippen molar-refractivity contribution in [3.8, 4) is 27.9 Å². The Labute approximate surface area is 303 Å². The number of anilines is 3. The highest BCUT2D eigenvalue weighted by Crippen LogP contribution is 2.42. The molecule has 0 bridgehead atoms. The summed E-state index contributed by atoms with van der Waals surface area (Å²) in [6.45, 7) is 0. The maximum absolute atomic E-state index is 2.45. The van der Waals surface area contributed by atoms with E-state index >= 15 is 0 Å². The molecule has 2 nitrogen and oxygen atoms in total. The van der Waals surface area contributed by atoms with Gasteiger partial charge in [0.2, 0.25) is 0 Å². The molecule has 0 fully saturated rings. The third kappa shape index (κ3) is 5.12. The lowest BCUT2D eigenvalue weighted by Crippen LogP contribution is -2.11. The van der Waals surface area contributed by atoms with E-state index in [4.69, 9.17) is 0 Å². The number of benzene rings is 9. The van der Waals surface area contributed by atoms with Crippen molar-refractivity contribution in [2.45, 2.75) is 0 Å². The largest absolute Gasteiger partial charge is 0.310 e. The Balaban J connectivity index is 1.22. The van der Waals surface area contributed by atoms with Crippen LogP contribution in [0.15, 0.2) is 206 Å². The molecule has 0 aliphatic rings. The van der Waals surface area contributed by atoms with Crippen LogP contribution in [0.1, 0.15) is 0 Å². The molecule has 52 heavy (non-hydrogen) atoms. The second-order valence-corrected chi connectivity index (χ2v) is 13.4. The highest BCUT2D eigenvalue weighted by atomic mass is 15.1. The topological polar surface area (TPSA) is 8.17 Å². The van der Waals surface area contributed by atoms with Gasteiger partial charge in [0.25, 0.3) is 0 Å². The summed E-state index contributed by atoms with van der Waals surface area (Å²) in [5, 5.41) is 7.47. The molecule has 0 aliphatic heterocycles. The zero-order valence-electron chi connectivity index (χ0n) is 28.5. The monoisotopic (exact) mass is 662 g/mol. The summed E-state index contributed by atoms with van der Waals surface area (Å²) in [5.74, 6) is 0. The van der Waals surface area contributed by atoms with E-state index in [-0.39, 0.29) is 0 Å². The van der Waals surface area contributed by atoms with E-state index < -0.39 is 0 Å². The highest BCUT2D eigenvalue weighted by Gasteiger charge is 2.19. The summed E-state index contributed by atoms with van der Waals surface area (Å²) in [7, 11) is 0. The van der Waals surface area contributed by atoms with E-state index in [0.29, 0.717) is 0 Å². The third-order valence-corrected chi connectivity index (χ3v) is 10.3. The van der Waals surface area contributed by atoms with Crippen LogP contribution in [0.3, 0.4) is 0 Å². The molecule has 0 spiro atoms. The average molecular weight is 663 g/mol. The first-order chi connectivity index (χ1) is 25.8. The second-order valence-electron chi connectivity index (χ2n) is 13.4. The lowest BCUT2D eigenvalue weighted by molar-refractivity contribution is 1.17. The van der Waals surface area contributed by atoms with Crippen LogP contribution < -0.4 is 4.90 Å².